The Morgan fingerprint density at radius 2 is 2.05 bits per heavy atom. The molecule has 0 spiro atoms. The van der Waals surface area contributed by atoms with E-state index in [2.05, 4.69) is 52.6 Å². The fraction of sp³-hybridized carbons (Fsp3) is 0.438. The summed E-state index contributed by atoms with van der Waals surface area (Å²) in [6.45, 7) is 6.65. The lowest BCUT2D eigenvalue weighted by Gasteiger charge is -2.18. The number of hydrogen-bond donors (Lipinski definition) is 1. The summed E-state index contributed by atoms with van der Waals surface area (Å²) in [5.74, 6) is 1.10. The van der Waals surface area contributed by atoms with Crippen LogP contribution in [0.3, 0.4) is 0 Å². The topological polar surface area (TPSA) is 28.2 Å². The van der Waals surface area contributed by atoms with Crippen molar-refractivity contribution in [3.05, 3.63) is 40.2 Å². The van der Waals surface area contributed by atoms with Gasteiger partial charge in [0, 0.05) is 18.0 Å². The highest BCUT2D eigenvalue weighted by Crippen LogP contribution is 2.27. The van der Waals surface area contributed by atoms with Crippen LogP contribution >= 0.6 is 11.3 Å². The van der Waals surface area contributed by atoms with Gasteiger partial charge in [-0.2, -0.15) is 0 Å². The van der Waals surface area contributed by atoms with Gasteiger partial charge in [-0.1, -0.05) is 0 Å². The second-order valence-electron chi connectivity index (χ2n) is 5.43. The highest BCUT2D eigenvalue weighted by atomic mass is 32.1. The van der Waals surface area contributed by atoms with Crippen LogP contribution < -0.4 is 10.2 Å². The third-order valence-corrected chi connectivity index (χ3v) is 5.06. The van der Waals surface area contributed by atoms with Gasteiger partial charge in [0.05, 0.1) is 17.9 Å². The first-order chi connectivity index (χ1) is 9.74. The Labute approximate surface area is 124 Å². The van der Waals surface area contributed by atoms with Crippen LogP contribution in [0.15, 0.2) is 29.8 Å². The number of thiophene rings is 1. The van der Waals surface area contributed by atoms with Crippen molar-refractivity contribution in [2.75, 3.05) is 23.3 Å². The fourth-order valence-electron chi connectivity index (χ4n) is 2.75. The second kappa shape index (κ2) is 5.83. The Morgan fingerprint density at radius 3 is 2.65 bits per heavy atom. The maximum atomic E-state index is 4.58. The molecule has 20 heavy (non-hydrogen) atoms. The number of rotatable bonds is 4. The predicted molar refractivity (Wildman–Crippen MR) is 86.8 cm³/mol. The van der Waals surface area contributed by atoms with Crippen LogP contribution in [0, 0.1) is 6.92 Å². The lowest BCUT2D eigenvalue weighted by atomic mass is 10.2. The zero-order chi connectivity index (χ0) is 13.9. The van der Waals surface area contributed by atoms with Gasteiger partial charge in [0.25, 0.3) is 0 Å². The number of hydrogen-bond acceptors (Lipinski definition) is 4. The summed E-state index contributed by atoms with van der Waals surface area (Å²) in [5.41, 5.74) is 2.45. The number of anilines is 2. The Balaban J connectivity index is 1.67. The van der Waals surface area contributed by atoms with Gasteiger partial charge in [-0.3, -0.25) is 0 Å². The Kier molecular flexibility index (Phi) is 3.92. The summed E-state index contributed by atoms with van der Waals surface area (Å²) >= 11 is 1.81. The van der Waals surface area contributed by atoms with Crippen molar-refractivity contribution in [1.29, 1.82) is 0 Å². The maximum absolute atomic E-state index is 4.58. The molecule has 1 fully saturated rings. The number of pyridine rings is 1. The van der Waals surface area contributed by atoms with Crippen LogP contribution in [0.4, 0.5) is 11.5 Å². The molecule has 1 aliphatic rings. The Hall–Kier alpha value is -1.55. The SMILES string of the molecule is Cc1ccsc1C(C)Nc1ccc(N2CCCC2)nc1. The van der Waals surface area contributed by atoms with Crippen molar-refractivity contribution in [1.82, 2.24) is 4.98 Å². The summed E-state index contributed by atoms with van der Waals surface area (Å²) in [5, 5.41) is 5.68. The zero-order valence-electron chi connectivity index (χ0n) is 12.1. The van der Waals surface area contributed by atoms with Crippen LogP contribution in [-0.4, -0.2) is 18.1 Å². The average molecular weight is 287 g/mol. The van der Waals surface area contributed by atoms with E-state index in [1.165, 1.54) is 23.3 Å². The summed E-state index contributed by atoms with van der Waals surface area (Å²) < 4.78 is 0. The molecule has 1 unspecified atom stereocenters. The first kappa shape index (κ1) is 13.4. The molecular weight excluding hydrogens is 266 g/mol. The standard InChI is InChI=1S/C16H21N3S/c1-12-7-10-20-16(12)13(2)18-14-5-6-15(17-11-14)19-8-3-4-9-19/h5-7,10-11,13,18H,3-4,8-9H2,1-2H3. The van der Waals surface area contributed by atoms with Crippen LogP contribution in [0.2, 0.25) is 0 Å². The van der Waals surface area contributed by atoms with Gasteiger partial charge in [0.15, 0.2) is 0 Å². The van der Waals surface area contributed by atoms with Crippen LogP contribution in [0.1, 0.15) is 36.2 Å². The normalized spacial score (nSPS) is 16.4. The van der Waals surface area contributed by atoms with E-state index >= 15 is 0 Å². The van der Waals surface area contributed by atoms with E-state index in [1.54, 1.807) is 0 Å². The lowest BCUT2D eigenvalue weighted by molar-refractivity contribution is 0.893. The first-order valence-corrected chi connectivity index (χ1v) is 8.13. The Morgan fingerprint density at radius 1 is 1.25 bits per heavy atom. The fourth-order valence-corrected chi connectivity index (χ4v) is 3.68. The molecule has 0 aromatic carbocycles. The average Bonchev–Trinajstić information content (AvgIpc) is 3.10. The molecule has 1 aliphatic heterocycles. The highest BCUT2D eigenvalue weighted by molar-refractivity contribution is 7.10. The second-order valence-corrected chi connectivity index (χ2v) is 6.38. The third-order valence-electron chi connectivity index (χ3n) is 3.86. The van der Waals surface area contributed by atoms with Crippen molar-refractivity contribution in [3.8, 4) is 0 Å². The van der Waals surface area contributed by atoms with Gasteiger partial charge >= 0.3 is 0 Å². The van der Waals surface area contributed by atoms with Gasteiger partial charge in [0.2, 0.25) is 0 Å². The summed E-state index contributed by atoms with van der Waals surface area (Å²) in [4.78, 5) is 8.34. The smallest absolute Gasteiger partial charge is 0.128 e. The van der Waals surface area contributed by atoms with Crippen molar-refractivity contribution < 1.29 is 0 Å². The number of aryl methyl sites for hydroxylation is 1. The molecule has 2 aromatic heterocycles. The molecule has 0 saturated carbocycles. The minimum absolute atomic E-state index is 0.328. The van der Waals surface area contributed by atoms with E-state index in [0.29, 0.717) is 6.04 Å². The zero-order valence-corrected chi connectivity index (χ0v) is 12.9. The molecular formula is C16H21N3S. The summed E-state index contributed by atoms with van der Waals surface area (Å²) in [7, 11) is 0. The molecule has 0 bridgehead atoms. The molecule has 1 atom stereocenters. The number of aromatic nitrogens is 1. The van der Waals surface area contributed by atoms with Gasteiger partial charge < -0.3 is 10.2 Å². The summed E-state index contributed by atoms with van der Waals surface area (Å²) in [6, 6.07) is 6.77. The molecule has 0 amide bonds. The van der Waals surface area contributed by atoms with E-state index in [-0.39, 0.29) is 0 Å². The van der Waals surface area contributed by atoms with Crippen molar-refractivity contribution in [2.45, 2.75) is 32.7 Å². The third kappa shape index (κ3) is 2.80. The molecule has 0 aliphatic carbocycles. The predicted octanol–water partition coefficient (Wildman–Crippen LogP) is 4.22. The van der Waals surface area contributed by atoms with Gasteiger partial charge in [0.1, 0.15) is 5.82 Å². The van der Waals surface area contributed by atoms with Crippen LogP contribution in [-0.2, 0) is 0 Å². The van der Waals surface area contributed by atoms with E-state index in [1.807, 2.05) is 17.5 Å². The van der Waals surface area contributed by atoms with E-state index in [0.717, 1.165) is 24.6 Å². The Bertz CT molecular complexity index is 555. The molecule has 1 saturated heterocycles. The number of nitrogens with zero attached hydrogens (tertiary/aromatic N) is 2. The first-order valence-electron chi connectivity index (χ1n) is 7.25. The van der Waals surface area contributed by atoms with Crippen molar-refractivity contribution in [3.63, 3.8) is 0 Å². The summed E-state index contributed by atoms with van der Waals surface area (Å²) in [6.07, 6.45) is 4.53. The molecule has 4 heteroatoms. The number of nitrogens with one attached hydrogen (secondary N) is 1. The van der Waals surface area contributed by atoms with Gasteiger partial charge in [-0.25, -0.2) is 4.98 Å². The van der Waals surface area contributed by atoms with Crippen LogP contribution in [0.25, 0.3) is 0 Å². The van der Waals surface area contributed by atoms with E-state index in [4.69, 9.17) is 0 Å². The van der Waals surface area contributed by atoms with Gasteiger partial charge in [-0.15, -0.1) is 11.3 Å². The van der Waals surface area contributed by atoms with E-state index < -0.39 is 0 Å². The minimum atomic E-state index is 0.328. The van der Waals surface area contributed by atoms with Gasteiger partial charge in [-0.05, 0) is 55.8 Å². The molecule has 3 nitrogen and oxygen atoms in total. The van der Waals surface area contributed by atoms with E-state index in [9.17, 15) is 0 Å². The highest BCUT2D eigenvalue weighted by Gasteiger charge is 2.14. The maximum Gasteiger partial charge on any atom is 0.128 e. The molecule has 2 aromatic rings. The molecule has 3 heterocycles. The van der Waals surface area contributed by atoms with Crippen molar-refractivity contribution in [2.24, 2.45) is 0 Å². The molecule has 3 rings (SSSR count). The largest absolute Gasteiger partial charge is 0.376 e. The lowest BCUT2D eigenvalue weighted by Crippen LogP contribution is -2.18. The quantitative estimate of drug-likeness (QED) is 0.912. The monoisotopic (exact) mass is 287 g/mol. The molecule has 0 radical (unpaired) electrons. The molecule has 106 valence electrons. The molecule has 1 N–H and O–H groups in total. The minimum Gasteiger partial charge on any atom is -0.376 e. The van der Waals surface area contributed by atoms with Crippen LogP contribution in [0.5, 0.6) is 0 Å². The van der Waals surface area contributed by atoms with Crippen molar-refractivity contribution >= 4 is 22.8 Å².